The van der Waals surface area contributed by atoms with Crippen molar-refractivity contribution in [3.63, 3.8) is 0 Å². The zero-order chi connectivity index (χ0) is 19.6. The summed E-state index contributed by atoms with van der Waals surface area (Å²) >= 11 is 0. The highest BCUT2D eigenvalue weighted by molar-refractivity contribution is 5.69. The third kappa shape index (κ3) is 15.2. The van der Waals surface area contributed by atoms with Crippen LogP contribution in [0.3, 0.4) is 0 Å². The van der Waals surface area contributed by atoms with Gasteiger partial charge in [0, 0.05) is 12.8 Å². The largest absolute Gasteiger partial charge is 0.464 e. The van der Waals surface area contributed by atoms with E-state index in [1.165, 1.54) is 38.5 Å². The van der Waals surface area contributed by atoms with Crippen LogP contribution in [-0.2, 0) is 19.1 Å². The maximum atomic E-state index is 11.8. The van der Waals surface area contributed by atoms with E-state index < -0.39 is 0 Å². The molecule has 0 aromatic heterocycles. The lowest BCUT2D eigenvalue weighted by Gasteiger charge is -2.23. The van der Waals surface area contributed by atoms with Gasteiger partial charge in [-0.2, -0.15) is 0 Å². The predicted molar refractivity (Wildman–Crippen MR) is 106 cm³/mol. The molecule has 0 fully saturated rings. The Morgan fingerprint density at radius 1 is 0.692 bits per heavy atom. The highest BCUT2D eigenvalue weighted by Gasteiger charge is 2.16. The number of hydrogen-bond donors (Lipinski definition) is 0. The van der Waals surface area contributed by atoms with Gasteiger partial charge in [0.1, 0.15) is 13.2 Å². The van der Waals surface area contributed by atoms with Gasteiger partial charge in [-0.15, -0.1) is 0 Å². The summed E-state index contributed by atoms with van der Waals surface area (Å²) in [6, 6.07) is -0.0944. The van der Waals surface area contributed by atoms with Gasteiger partial charge < -0.3 is 14.4 Å². The number of hydrogen-bond acceptors (Lipinski definition) is 5. The fourth-order valence-electron chi connectivity index (χ4n) is 2.61. The number of ether oxygens (including phenoxy) is 2. The van der Waals surface area contributed by atoms with Crippen LogP contribution in [0.5, 0.6) is 0 Å². The van der Waals surface area contributed by atoms with Crippen LogP contribution >= 0.6 is 0 Å². The average molecular weight is 372 g/mol. The Morgan fingerprint density at radius 2 is 1.08 bits per heavy atom. The summed E-state index contributed by atoms with van der Waals surface area (Å²) in [4.78, 5) is 25.6. The molecule has 0 saturated carbocycles. The summed E-state index contributed by atoms with van der Waals surface area (Å²) in [6.07, 6.45) is 12.1. The topological polar surface area (TPSA) is 55.8 Å². The average Bonchev–Trinajstić information content (AvgIpc) is 2.61. The van der Waals surface area contributed by atoms with Gasteiger partial charge in [0.25, 0.3) is 0 Å². The van der Waals surface area contributed by atoms with E-state index in [4.69, 9.17) is 9.47 Å². The lowest BCUT2D eigenvalue weighted by Crippen LogP contribution is -2.38. The SMILES string of the molecule is CCCCCCCC(=O)OCC(COC(=O)CCCCCCC)N(C)C. The molecule has 0 spiro atoms. The molecule has 0 radical (unpaired) electrons. The van der Waals surface area contributed by atoms with Gasteiger partial charge in [-0.1, -0.05) is 65.2 Å². The first-order valence-electron chi connectivity index (χ1n) is 10.5. The maximum Gasteiger partial charge on any atom is 0.305 e. The van der Waals surface area contributed by atoms with Crippen molar-refractivity contribution in [1.29, 1.82) is 0 Å². The van der Waals surface area contributed by atoms with Crippen molar-refractivity contribution in [2.45, 2.75) is 96.9 Å². The third-order valence-electron chi connectivity index (χ3n) is 4.57. The first kappa shape index (κ1) is 24.9. The minimum Gasteiger partial charge on any atom is -0.464 e. The summed E-state index contributed by atoms with van der Waals surface area (Å²) < 4.78 is 10.7. The van der Waals surface area contributed by atoms with Crippen LogP contribution in [0, 0.1) is 0 Å². The van der Waals surface area contributed by atoms with Crippen molar-refractivity contribution < 1.29 is 19.1 Å². The Labute approximate surface area is 160 Å². The first-order chi connectivity index (χ1) is 12.5. The fraction of sp³-hybridized carbons (Fsp3) is 0.905. The summed E-state index contributed by atoms with van der Waals surface area (Å²) in [5, 5.41) is 0. The number of likely N-dealkylation sites (N-methyl/N-ethyl adjacent to an activating group) is 1. The molecule has 0 N–H and O–H groups in total. The highest BCUT2D eigenvalue weighted by atomic mass is 16.5. The van der Waals surface area contributed by atoms with Gasteiger partial charge in [-0.05, 0) is 26.9 Å². The van der Waals surface area contributed by atoms with E-state index in [-0.39, 0.29) is 31.2 Å². The lowest BCUT2D eigenvalue weighted by atomic mass is 10.1. The molecule has 0 aliphatic heterocycles. The quantitative estimate of drug-likeness (QED) is 0.273. The van der Waals surface area contributed by atoms with E-state index in [0.717, 1.165) is 25.7 Å². The standard InChI is InChI=1S/C21H41NO4/c1-5-7-9-11-13-15-20(23)25-17-19(22(3)4)18-26-21(24)16-14-12-10-8-6-2/h19H,5-18H2,1-4H3. The minimum absolute atomic E-state index is 0.0944. The molecule has 0 unspecified atom stereocenters. The van der Waals surface area contributed by atoms with Gasteiger partial charge in [0.2, 0.25) is 0 Å². The Balaban J connectivity index is 3.88. The second kappa shape index (κ2) is 17.3. The molecule has 0 saturated heterocycles. The van der Waals surface area contributed by atoms with Crippen molar-refractivity contribution in [2.75, 3.05) is 27.3 Å². The van der Waals surface area contributed by atoms with E-state index in [1.54, 1.807) is 0 Å². The molecule has 0 aliphatic rings. The molecule has 5 heteroatoms. The zero-order valence-electron chi connectivity index (χ0n) is 17.6. The van der Waals surface area contributed by atoms with Gasteiger partial charge in [0.05, 0.1) is 6.04 Å². The van der Waals surface area contributed by atoms with Crippen LogP contribution in [0.1, 0.15) is 90.9 Å². The van der Waals surface area contributed by atoms with E-state index in [9.17, 15) is 9.59 Å². The predicted octanol–water partition coefficient (Wildman–Crippen LogP) is 4.72. The van der Waals surface area contributed by atoms with Crippen LogP contribution in [0.15, 0.2) is 0 Å². The molecular formula is C21H41NO4. The normalized spacial score (nSPS) is 11.2. The number of esters is 2. The van der Waals surface area contributed by atoms with Gasteiger partial charge in [0.15, 0.2) is 0 Å². The van der Waals surface area contributed by atoms with Crippen molar-refractivity contribution in [3.05, 3.63) is 0 Å². The van der Waals surface area contributed by atoms with Crippen LogP contribution in [0.25, 0.3) is 0 Å². The molecule has 0 aliphatic carbocycles. The summed E-state index contributed by atoms with van der Waals surface area (Å²) in [5.41, 5.74) is 0. The summed E-state index contributed by atoms with van der Waals surface area (Å²) in [6.45, 7) is 4.89. The molecule has 0 aromatic rings. The van der Waals surface area contributed by atoms with Crippen LogP contribution < -0.4 is 0 Å². The van der Waals surface area contributed by atoms with Gasteiger partial charge in [-0.25, -0.2) is 0 Å². The monoisotopic (exact) mass is 371 g/mol. The first-order valence-corrected chi connectivity index (χ1v) is 10.5. The van der Waals surface area contributed by atoms with Crippen LogP contribution in [0.4, 0.5) is 0 Å². The number of unbranched alkanes of at least 4 members (excludes halogenated alkanes) is 8. The van der Waals surface area contributed by atoms with Crippen molar-refractivity contribution in [2.24, 2.45) is 0 Å². The lowest BCUT2D eigenvalue weighted by molar-refractivity contribution is -0.149. The number of rotatable bonds is 17. The zero-order valence-corrected chi connectivity index (χ0v) is 17.6. The second-order valence-corrected chi connectivity index (χ2v) is 7.31. The van der Waals surface area contributed by atoms with Gasteiger partial charge in [-0.3, -0.25) is 9.59 Å². The molecule has 0 atom stereocenters. The Bertz CT molecular complexity index is 328. The Hall–Kier alpha value is -1.10. The molecule has 0 bridgehead atoms. The molecule has 154 valence electrons. The van der Waals surface area contributed by atoms with Gasteiger partial charge >= 0.3 is 11.9 Å². The van der Waals surface area contributed by atoms with Crippen LogP contribution in [-0.4, -0.2) is 50.2 Å². The number of nitrogens with zero attached hydrogens (tertiary/aromatic N) is 1. The minimum atomic E-state index is -0.157. The summed E-state index contributed by atoms with van der Waals surface area (Å²) in [5.74, 6) is -0.314. The number of carbonyl (C=O) groups excluding carboxylic acids is 2. The number of carbonyl (C=O) groups is 2. The van der Waals surface area contributed by atoms with E-state index >= 15 is 0 Å². The van der Waals surface area contributed by atoms with E-state index in [0.29, 0.717) is 12.8 Å². The third-order valence-corrected chi connectivity index (χ3v) is 4.57. The van der Waals surface area contributed by atoms with Crippen LogP contribution in [0.2, 0.25) is 0 Å². The smallest absolute Gasteiger partial charge is 0.305 e. The molecule has 0 heterocycles. The second-order valence-electron chi connectivity index (χ2n) is 7.31. The fourth-order valence-corrected chi connectivity index (χ4v) is 2.61. The molecule has 0 amide bonds. The molecule has 26 heavy (non-hydrogen) atoms. The Morgan fingerprint density at radius 3 is 1.42 bits per heavy atom. The van der Waals surface area contributed by atoms with E-state index in [1.807, 2.05) is 19.0 Å². The van der Waals surface area contributed by atoms with Crippen molar-refractivity contribution in [3.8, 4) is 0 Å². The van der Waals surface area contributed by atoms with Crippen molar-refractivity contribution in [1.82, 2.24) is 4.90 Å². The maximum absolute atomic E-state index is 11.8. The highest BCUT2D eigenvalue weighted by Crippen LogP contribution is 2.08. The molecule has 0 aromatic carbocycles. The molecule has 0 rings (SSSR count). The summed E-state index contributed by atoms with van der Waals surface area (Å²) in [7, 11) is 3.81. The Kier molecular flexibility index (Phi) is 16.6. The van der Waals surface area contributed by atoms with E-state index in [2.05, 4.69) is 13.8 Å². The molecular weight excluding hydrogens is 330 g/mol. The molecule has 5 nitrogen and oxygen atoms in total. The van der Waals surface area contributed by atoms with Crippen molar-refractivity contribution >= 4 is 11.9 Å².